The number of fused-ring (bicyclic) bond motifs is 1. The van der Waals surface area contributed by atoms with E-state index in [1.54, 1.807) is 30.3 Å². The third-order valence-electron chi connectivity index (χ3n) is 3.38. The van der Waals surface area contributed by atoms with E-state index in [4.69, 9.17) is 0 Å². The van der Waals surface area contributed by atoms with Crippen molar-refractivity contribution in [1.82, 2.24) is 0 Å². The molecule has 2 nitrogen and oxygen atoms in total. The van der Waals surface area contributed by atoms with E-state index in [0.717, 1.165) is 5.56 Å². The van der Waals surface area contributed by atoms with Gasteiger partial charge in [-0.15, -0.1) is 0 Å². The van der Waals surface area contributed by atoms with Gasteiger partial charge < -0.3 is 5.11 Å². The minimum absolute atomic E-state index is 0.0660. The molecule has 0 saturated heterocycles. The number of halogens is 1. The molecule has 3 heteroatoms. The van der Waals surface area contributed by atoms with Crippen molar-refractivity contribution in [1.29, 1.82) is 0 Å². The monoisotopic (exact) mass is 242 g/mol. The molecular formula is C15H11FO2. The average Bonchev–Trinajstić information content (AvgIpc) is 2.68. The van der Waals surface area contributed by atoms with Crippen LogP contribution in [0.5, 0.6) is 5.75 Å². The van der Waals surface area contributed by atoms with Gasteiger partial charge in [-0.2, -0.15) is 0 Å². The fraction of sp³-hybridized carbons (Fsp3) is 0.133. The predicted molar refractivity (Wildman–Crippen MR) is 65.3 cm³/mol. The lowest BCUT2D eigenvalue weighted by Crippen LogP contribution is -2.08. The number of hydrogen-bond donors (Lipinski definition) is 1. The lowest BCUT2D eigenvalue weighted by Gasteiger charge is -2.08. The molecule has 0 saturated carbocycles. The zero-order valence-corrected chi connectivity index (χ0v) is 9.56. The topological polar surface area (TPSA) is 37.3 Å². The number of rotatable bonds is 1. The molecule has 90 valence electrons. The second-order valence-corrected chi connectivity index (χ2v) is 4.48. The highest BCUT2D eigenvalue weighted by Crippen LogP contribution is 2.36. The van der Waals surface area contributed by atoms with Crippen LogP contribution < -0.4 is 0 Å². The Morgan fingerprint density at radius 2 is 1.94 bits per heavy atom. The summed E-state index contributed by atoms with van der Waals surface area (Å²) < 4.78 is 13.7. The lowest BCUT2D eigenvalue weighted by molar-refractivity contribution is 0.0971. The van der Waals surface area contributed by atoms with Crippen molar-refractivity contribution in [3.8, 4) is 5.75 Å². The summed E-state index contributed by atoms with van der Waals surface area (Å²) in [5, 5.41) is 9.40. The Balaban J connectivity index is 2.05. The molecule has 1 aliphatic carbocycles. The minimum atomic E-state index is -0.469. The normalized spacial score (nSPS) is 17.8. The van der Waals surface area contributed by atoms with Gasteiger partial charge in [-0.1, -0.05) is 24.3 Å². The maximum absolute atomic E-state index is 13.7. The Labute approximate surface area is 104 Å². The zero-order chi connectivity index (χ0) is 12.7. The van der Waals surface area contributed by atoms with Gasteiger partial charge in [0, 0.05) is 5.56 Å². The first-order chi connectivity index (χ1) is 8.66. The standard InChI is InChI=1S/C15H11FO2/c16-14-4-2-1-3-11(14)13-7-9-5-6-10(17)8-12(9)15(13)18/h1-6,8,13,17H,7H2. The van der Waals surface area contributed by atoms with Crippen molar-refractivity contribution in [2.75, 3.05) is 0 Å². The summed E-state index contributed by atoms with van der Waals surface area (Å²) in [6.45, 7) is 0. The minimum Gasteiger partial charge on any atom is -0.508 e. The van der Waals surface area contributed by atoms with Gasteiger partial charge >= 0.3 is 0 Å². The highest BCUT2D eigenvalue weighted by molar-refractivity contribution is 6.05. The molecule has 1 N–H and O–H groups in total. The maximum atomic E-state index is 13.7. The van der Waals surface area contributed by atoms with E-state index >= 15 is 0 Å². The second kappa shape index (κ2) is 3.95. The van der Waals surface area contributed by atoms with Crippen LogP contribution >= 0.6 is 0 Å². The van der Waals surface area contributed by atoms with Gasteiger partial charge in [0.1, 0.15) is 11.6 Å². The highest BCUT2D eigenvalue weighted by Gasteiger charge is 2.33. The molecule has 18 heavy (non-hydrogen) atoms. The van der Waals surface area contributed by atoms with E-state index in [1.807, 2.05) is 0 Å². The summed E-state index contributed by atoms with van der Waals surface area (Å²) in [5.41, 5.74) is 1.80. The fourth-order valence-electron chi connectivity index (χ4n) is 2.48. The van der Waals surface area contributed by atoms with E-state index in [1.165, 1.54) is 12.1 Å². The van der Waals surface area contributed by atoms with Crippen molar-refractivity contribution in [2.24, 2.45) is 0 Å². The molecule has 3 rings (SSSR count). The molecule has 0 bridgehead atoms. The molecule has 2 aromatic carbocycles. The van der Waals surface area contributed by atoms with Crippen molar-refractivity contribution < 1.29 is 14.3 Å². The number of Topliss-reactive ketones (excluding diaryl/α,β-unsaturated/α-hetero) is 1. The molecule has 1 unspecified atom stereocenters. The van der Waals surface area contributed by atoms with Gasteiger partial charge in [0.2, 0.25) is 0 Å². The molecule has 0 amide bonds. The van der Waals surface area contributed by atoms with Crippen molar-refractivity contribution >= 4 is 5.78 Å². The summed E-state index contributed by atoms with van der Waals surface area (Å²) in [5.74, 6) is -0.877. The van der Waals surface area contributed by atoms with E-state index in [0.29, 0.717) is 17.5 Å². The third-order valence-corrected chi connectivity index (χ3v) is 3.38. The number of phenols is 1. The fourth-order valence-corrected chi connectivity index (χ4v) is 2.48. The maximum Gasteiger partial charge on any atom is 0.171 e. The van der Waals surface area contributed by atoms with E-state index < -0.39 is 5.92 Å². The number of carbonyl (C=O) groups is 1. The molecule has 0 heterocycles. The SMILES string of the molecule is O=C1c2cc(O)ccc2CC1c1ccccc1F. The van der Waals surface area contributed by atoms with Gasteiger partial charge in [0.05, 0.1) is 5.92 Å². The van der Waals surface area contributed by atoms with Crippen molar-refractivity contribution in [3.63, 3.8) is 0 Å². The van der Waals surface area contributed by atoms with Crippen molar-refractivity contribution in [2.45, 2.75) is 12.3 Å². The van der Waals surface area contributed by atoms with Gasteiger partial charge in [-0.05, 0) is 35.7 Å². The van der Waals surface area contributed by atoms with Gasteiger partial charge in [0.15, 0.2) is 5.78 Å². The second-order valence-electron chi connectivity index (χ2n) is 4.48. The molecule has 0 aromatic heterocycles. The molecule has 2 aromatic rings. The first kappa shape index (κ1) is 11.0. The van der Waals surface area contributed by atoms with E-state index in [9.17, 15) is 14.3 Å². The number of hydrogen-bond acceptors (Lipinski definition) is 2. The molecule has 0 fully saturated rings. The molecule has 1 aliphatic rings. The molecular weight excluding hydrogens is 231 g/mol. The van der Waals surface area contributed by atoms with E-state index in [2.05, 4.69) is 0 Å². The first-order valence-electron chi connectivity index (χ1n) is 5.77. The number of carbonyl (C=O) groups excluding carboxylic acids is 1. The summed E-state index contributed by atoms with van der Waals surface area (Å²) in [4.78, 5) is 12.2. The third kappa shape index (κ3) is 1.59. The molecule has 1 atom stereocenters. The number of benzene rings is 2. The molecule has 0 radical (unpaired) electrons. The van der Waals surface area contributed by atoms with Crippen molar-refractivity contribution in [3.05, 3.63) is 65.0 Å². The van der Waals surface area contributed by atoms with Crippen LogP contribution in [0, 0.1) is 5.82 Å². The summed E-state index contributed by atoms with van der Waals surface area (Å²) >= 11 is 0. The summed E-state index contributed by atoms with van der Waals surface area (Å²) in [7, 11) is 0. The van der Waals surface area contributed by atoms with Crippen LogP contribution in [0.2, 0.25) is 0 Å². The molecule has 0 spiro atoms. The largest absolute Gasteiger partial charge is 0.508 e. The van der Waals surface area contributed by atoms with Gasteiger partial charge in [-0.25, -0.2) is 4.39 Å². The smallest absolute Gasteiger partial charge is 0.171 e. The first-order valence-corrected chi connectivity index (χ1v) is 5.77. The number of ketones is 1. The van der Waals surface area contributed by atoms with Crippen LogP contribution in [0.4, 0.5) is 4.39 Å². The lowest BCUT2D eigenvalue weighted by atomic mass is 9.95. The molecule has 0 aliphatic heterocycles. The Hall–Kier alpha value is -2.16. The highest BCUT2D eigenvalue weighted by atomic mass is 19.1. The van der Waals surface area contributed by atoms with Crippen LogP contribution in [0.1, 0.15) is 27.4 Å². The Morgan fingerprint density at radius 3 is 2.72 bits per heavy atom. The Morgan fingerprint density at radius 1 is 1.17 bits per heavy atom. The quantitative estimate of drug-likeness (QED) is 0.834. The Bertz CT molecular complexity index is 634. The predicted octanol–water partition coefficient (Wildman–Crippen LogP) is 3.05. The van der Waals surface area contributed by atoms with E-state index in [-0.39, 0.29) is 17.3 Å². The van der Waals surface area contributed by atoms with Crippen LogP contribution in [-0.2, 0) is 6.42 Å². The van der Waals surface area contributed by atoms with Gasteiger partial charge in [-0.3, -0.25) is 4.79 Å². The Kier molecular flexibility index (Phi) is 2.40. The summed E-state index contributed by atoms with van der Waals surface area (Å²) in [6.07, 6.45) is 0.495. The number of aromatic hydroxyl groups is 1. The van der Waals surface area contributed by atoms with Gasteiger partial charge in [0.25, 0.3) is 0 Å². The summed E-state index contributed by atoms with van der Waals surface area (Å²) in [6, 6.07) is 11.1. The zero-order valence-electron chi connectivity index (χ0n) is 9.56. The number of phenolic OH excluding ortho intramolecular Hbond substituents is 1. The van der Waals surface area contributed by atoms with Crippen LogP contribution in [0.15, 0.2) is 42.5 Å². The average molecular weight is 242 g/mol. The van der Waals surface area contributed by atoms with Crippen LogP contribution in [-0.4, -0.2) is 10.9 Å². The van der Waals surface area contributed by atoms with Crippen LogP contribution in [0.3, 0.4) is 0 Å². The van der Waals surface area contributed by atoms with Crippen LogP contribution in [0.25, 0.3) is 0 Å².